The van der Waals surface area contributed by atoms with Crippen LogP contribution in [0.3, 0.4) is 0 Å². The van der Waals surface area contributed by atoms with E-state index in [2.05, 4.69) is 10.3 Å². The molecule has 2 aliphatic heterocycles. The first-order chi connectivity index (χ1) is 18.0. The number of hydrogen-bond donors (Lipinski definition) is 2. The lowest BCUT2D eigenvalue weighted by molar-refractivity contribution is -0.175. The van der Waals surface area contributed by atoms with Crippen molar-refractivity contribution in [3.63, 3.8) is 0 Å². The number of aliphatic hydroxyl groups excluding tert-OH is 1. The summed E-state index contributed by atoms with van der Waals surface area (Å²) in [5.74, 6) is -2.58. The maximum atomic E-state index is 13.1. The molecule has 1 aromatic carbocycles. The molecule has 2 aliphatic rings. The number of anilines is 1. The average molecular weight is 522 g/mol. The van der Waals surface area contributed by atoms with Gasteiger partial charge in [0, 0.05) is 6.20 Å². The second-order valence-electron chi connectivity index (χ2n) is 10.5. The van der Waals surface area contributed by atoms with Crippen LogP contribution < -0.4 is 5.32 Å². The Morgan fingerprint density at radius 1 is 1.18 bits per heavy atom. The Morgan fingerprint density at radius 2 is 1.95 bits per heavy atom. The first-order valence-corrected chi connectivity index (χ1v) is 12.3. The zero-order chi connectivity index (χ0) is 27.6. The monoisotopic (exact) mass is 521 g/mol. The first-order valence-electron chi connectivity index (χ1n) is 12.3. The number of ether oxygens (including phenoxy) is 2. The van der Waals surface area contributed by atoms with E-state index >= 15 is 0 Å². The van der Waals surface area contributed by atoms with Gasteiger partial charge in [0.2, 0.25) is 18.6 Å². The lowest BCUT2D eigenvalue weighted by Gasteiger charge is -2.44. The van der Waals surface area contributed by atoms with E-state index in [4.69, 9.17) is 9.47 Å². The Kier molecular flexibility index (Phi) is 7.63. The summed E-state index contributed by atoms with van der Waals surface area (Å²) in [6.07, 6.45) is 2.70. The number of fused-ring (bicyclic) bond motifs is 1. The van der Waals surface area contributed by atoms with E-state index in [-0.39, 0.29) is 23.9 Å². The molecule has 0 radical (unpaired) electrons. The molecule has 1 aromatic heterocycles. The second-order valence-corrected chi connectivity index (χ2v) is 10.5. The summed E-state index contributed by atoms with van der Waals surface area (Å²) < 4.78 is 10.3. The summed E-state index contributed by atoms with van der Waals surface area (Å²) in [6.45, 7) is 5.99. The highest BCUT2D eigenvalue weighted by molar-refractivity contribution is 6.07. The number of carbonyl (C=O) groups excluding carboxylic acids is 4. The number of nitrogens with one attached hydrogen (secondary N) is 1. The van der Waals surface area contributed by atoms with Gasteiger partial charge >= 0.3 is 11.9 Å². The summed E-state index contributed by atoms with van der Waals surface area (Å²) in [4.78, 5) is 55.9. The predicted molar refractivity (Wildman–Crippen MR) is 137 cm³/mol. The molecule has 38 heavy (non-hydrogen) atoms. The zero-order valence-electron chi connectivity index (χ0n) is 21.8. The van der Waals surface area contributed by atoms with Crippen molar-refractivity contribution < 1.29 is 33.8 Å². The summed E-state index contributed by atoms with van der Waals surface area (Å²) in [5.41, 5.74) is 1.79. The fourth-order valence-electron chi connectivity index (χ4n) is 4.63. The predicted octanol–water partition coefficient (Wildman–Crippen LogP) is 2.68. The summed E-state index contributed by atoms with van der Waals surface area (Å²) in [6, 6.07) is 10.2. The van der Waals surface area contributed by atoms with Gasteiger partial charge in [0.05, 0.1) is 41.8 Å². The quantitative estimate of drug-likeness (QED) is 0.308. The van der Waals surface area contributed by atoms with Gasteiger partial charge in [0.25, 0.3) is 0 Å². The number of carbonyl (C=O) groups is 4. The number of β-lactam (4-membered cyclic amide) rings is 1. The highest BCUT2D eigenvalue weighted by Gasteiger charge is 2.57. The highest BCUT2D eigenvalue weighted by Crippen LogP contribution is 2.47. The fourth-order valence-corrected chi connectivity index (χ4v) is 4.63. The number of benzene rings is 1. The van der Waals surface area contributed by atoms with Crippen LogP contribution >= 0.6 is 0 Å². The Labute approximate surface area is 220 Å². The Balaban J connectivity index is 1.56. The molecule has 1 saturated heterocycles. The smallest absolute Gasteiger partial charge is 0.358 e. The van der Waals surface area contributed by atoms with Crippen LogP contribution in [-0.4, -0.2) is 57.7 Å². The molecule has 10 heteroatoms. The number of esters is 2. The van der Waals surface area contributed by atoms with Crippen molar-refractivity contribution in [2.24, 2.45) is 11.3 Å². The van der Waals surface area contributed by atoms with Crippen LogP contribution in [0.15, 0.2) is 54.5 Å². The van der Waals surface area contributed by atoms with Gasteiger partial charge in [-0.3, -0.25) is 19.4 Å². The number of rotatable bonds is 8. The first kappa shape index (κ1) is 27.0. The van der Waals surface area contributed by atoms with Crippen LogP contribution in [0, 0.1) is 11.3 Å². The normalized spacial score (nSPS) is 19.4. The summed E-state index contributed by atoms with van der Waals surface area (Å²) in [7, 11) is 0. The zero-order valence-corrected chi connectivity index (χ0v) is 21.8. The molecule has 10 nitrogen and oxygen atoms in total. The second kappa shape index (κ2) is 10.7. The van der Waals surface area contributed by atoms with Crippen LogP contribution in [-0.2, 0) is 35.1 Å². The average Bonchev–Trinajstić information content (AvgIpc) is 3.19. The van der Waals surface area contributed by atoms with Crippen LogP contribution in [0.2, 0.25) is 0 Å². The molecule has 0 aliphatic carbocycles. The molecule has 0 unspecified atom stereocenters. The topological polar surface area (TPSA) is 135 Å². The number of pyridine rings is 1. The molecule has 0 spiro atoms. The van der Waals surface area contributed by atoms with Gasteiger partial charge in [-0.1, -0.05) is 24.3 Å². The molecule has 4 rings (SSSR count). The van der Waals surface area contributed by atoms with Crippen molar-refractivity contribution in [1.29, 1.82) is 0 Å². The van der Waals surface area contributed by atoms with Gasteiger partial charge < -0.3 is 24.8 Å². The van der Waals surface area contributed by atoms with Gasteiger partial charge in [-0.25, -0.2) is 4.79 Å². The minimum atomic E-state index is -0.879. The molecular formula is C28H31N3O7. The van der Waals surface area contributed by atoms with Crippen LogP contribution in [0.25, 0.3) is 5.57 Å². The van der Waals surface area contributed by atoms with E-state index in [1.54, 1.807) is 76.5 Å². The number of amides is 2. The molecule has 3 heterocycles. The van der Waals surface area contributed by atoms with Crippen molar-refractivity contribution in [2.75, 3.05) is 12.1 Å². The minimum absolute atomic E-state index is 0.0562. The van der Waals surface area contributed by atoms with E-state index in [1.165, 1.54) is 4.90 Å². The van der Waals surface area contributed by atoms with Crippen molar-refractivity contribution in [1.82, 2.24) is 9.88 Å². The molecule has 2 N–H and O–H groups in total. The van der Waals surface area contributed by atoms with Gasteiger partial charge in [-0.2, -0.15) is 0 Å². The Hall–Kier alpha value is -4.05. The van der Waals surface area contributed by atoms with Gasteiger partial charge in [-0.05, 0) is 62.9 Å². The highest BCUT2D eigenvalue weighted by atomic mass is 16.7. The van der Waals surface area contributed by atoms with Gasteiger partial charge in [0.1, 0.15) is 5.70 Å². The van der Waals surface area contributed by atoms with Gasteiger partial charge in [-0.15, -0.1) is 0 Å². The third-order valence-electron chi connectivity index (χ3n) is 6.50. The van der Waals surface area contributed by atoms with E-state index in [0.717, 1.165) is 0 Å². The fraction of sp³-hybridized carbons (Fsp3) is 0.393. The summed E-state index contributed by atoms with van der Waals surface area (Å²) in [5, 5.41) is 12.9. The van der Waals surface area contributed by atoms with Crippen molar-refractivity contribution in [3.8, 4) is 0 Å². The van der Waals surface area contributed by atoms with Crippen molar-refractivity contribution in [3.05, 3.63) is 65.6 Å². The number of nitrogens with zero attached hydrogens (tertiary/aromatic N) is 2. The van der Waals surface area contributed by atoms with Gasteiger partial charge in [0.15, 0.2) is 0 Å². The Bertz CT molecular complexity index is 1280. The van der Waals surface area contributed by atoms with E-state index in [0.29, 0.717) is 28.8 Å². The molecule has 200 valence electrons. The maximum Gasteiger partial charge on any atom is 0.358 e. The standard InChI is InChI=1S/C28H31N3O7/c1-16(32)23-21-13-20(24(31(21)25(23)34)26(35)37-15-38-27(36)28(2,3)4)18-8-5-7-17(11-18)12-22(33)30-19-9-6-10-29-14-19/h5-11,14,16,21,23,32H,12-13,15H2,1-4H3,(H,30,33)/t16-,21-,23-/m1/s1. The van der Waals surface area contributed by atoms with Crippen molar-refractivity contribution in [2.45, 2.75) is 52.7 Å². The third-order valence-corrected chi connectivity index (χ3v) is 6.50. The van der Waals surface area contributed by atoms with E-state index < -0.39 is 42.2 Å². The molecular weight excluding hydrogens is 490 g/mol. The SMILES string of the molecule is C[C@@H](O)[C@H]1C(=O)N2C(C(=O)OCOC(=O)C(C)(C)C)=C(c3cccc(CC(=O)Nc4cccnc4)c3)C[C@H]12. The lowest BCUT2D eigenvalue weighted by Crippen LogP contribution is -2.61. The van der Waals surface area contributed by atoms with E-state index in [1.807, 2.05) is 0 Å². The molecule has 0 bridgehead atoms. The molecule has 2 aromatic rings. The minimum Gasteiger partial charge on any atom is -0.427 e. The van der Waals surface area contributed by atoms with Crippen LogP contribution in [0.5, 0.6) is 0 Å². The number of hydrogen-bond acceptors (Lipinski definition) is 8. The van der Waals surface area contributed by atoms with Crippen molar-refractivity contribution >= 4 is 35.0 Å². The Morgan fingerprint density at radius 3 is 2.61 bits per heavy atom. The maximum absolute atomic E-state index is 13.1. The number of aromatic nitrogens is 1. The molecule has 2 amide bonds. The van der Waals surface area contributed by atoms with E-state index in [9.17, 15) is 24.3 Å². The largest absolute Gasteiger partial charge is 0.427 e. The summed E-state index contributed by atoms with van der Waals surface area (Å²) >= 11 is 0. The molecule has 3 atom stereocenters. The third kappa shape index (κ3) is 5.60. The number of aliphatic hydroxyl groups is 1. The molecule has 0 saturated carbocycles. The lowest BCUT2D eigenvalue weighted by atomic mass is 9.82. The van der Waals surface area contributed by atoms with Crippen LogP contribution in [0.1, 0.15) is 45.2 Å². The molecule has 1 fully saturated rings. The van der Waals surface area contributed by atoms with Crippen LogP contribution in [0.4, 0.5) is 5.69 Å².